The van der Waals surface area contributed by atoms with Gasteiger partial charge in [-0.15, -0.1) is 0 Å². The first kappa shape index (κ1) is 27.6. The molecule has 0 atom stereocenters. The Labute approximate surface area is 205 Å². The second-order valence-electron chi connectivity index (χ2n) is 8.27. The molecular weight excluding hydrogens is 448 g/mol. The van der Waals surface area contributed by atoms with E-state index in [-0.39, 0.29) is 28.9 Å². The number of phenols is 1. The van der Waals surface area contributed by atoms with Crippen LogP contribution in [0.4, 0.5) is 0 Å². The van der Waals surface area contributed by atoms with Crippen molar-refractivity contribution in [2.45, 2.75) is 32.6 Å². The molecule has 0 fully saturated rings. The van der Waals surface area contributed by atoms with Crippen molar-refractivity contribution >= 4 is 11.9 Å². The Morgan fingerprint density at radius 1 is 0.829 bits per heavy atom. The van der Waals surface area contributed by atoms with Gasteiger partial charge in [0.1, 0.15) is 11.5 Å². The average molecular weight is 481 g/mol. The fourth-order valence-electron chi connectivity index (χ4n) is 3.30. The highest BCUT2D eigenvalue weighted by atomic mass is 16.5. The van der Waals surface area contributed by atoms with E-state index < -0.39 is 11.9 Å². The third-order valence-corrected chi connectivity index (χ3v) is 5.34. The highest BCUT2D eigenvalue weighted by molar-refractivity contribution is 6.03. The van der Waals surface area contributed by atoms with Crippen LogP contribution in [-0.2, 0) is 10.2 Å². The molecule has 0 bridgehead atoms. The maximum atomic E-state index is 12.4. The Hall–Kier alpha value is -3.68. The summed E-state index contributed by atoms with van der Waals surface area (Å²) in [6.07, 6.45) is 1.03. The molecule has 0 aromatic heterocycles. The molecule has 0 aliphatic carbocycles. The Morgan fingerprint density at radius 2 is 1.37 bits per heavy atom. The quantitative estimate of drug-likeness (QED) is 0.223. The third-order valence-electron chi connectivity index (χ3n) is 5.34. The van der Waals surface area contributed by atoms with E-state index in [2.05, 4.69) is 13.8 Å². The number of ether oxygens (including phenoxy) is 2. The summed E-state index contributed by atoms with van der Waals surface area (Å²) in [5.74, 6) is -1.36. The summed E-state index contributed by atoms with van der Waals surface area (Å²) >= 11 is 0. The van der Waals surface area contributed by atoms with Gasteiger partial charge in [-0.1, -0.05) is 57.2 Å². The topological polar surface area (TPSA) is 113 Å². The molecule has 0 heterocycles. The molecule has 0 saturated carbocycles. The van der Waals surface area contributed by atoms with E-state index >= 15 is 0 Å². The predicted molar refractivity (Wildman–Crippen MR) is 133 cm³/mol. The molecule has 7 heteroatoms. The molecule has 3 N–H and O–H groups in total. The first-order valence-corrected chi connectivity index (χ1v) is 11.3. The van der Waals surface area contributed by atoms with Crippen LogP contribution in [0.5, 0.6) is 11.5 Å². The fraction of sp³-hybridized carbons (Fsp3) is 0.286. The first-order valence-electron chi connectivity index (χ1n) is 11.3. The van der Waals surface area contributed by atoms with Crippen LogP contribution in [0.3, 0.4) is 0 Å². The van der Waals surface area contributed by atoms with E-state index in [0.29, 0.717) is 12.4 Å². The number of rotatable bonds is 9. The number of esters is 1. The van der Waals surface area contributed by atoms with E-state index in [0.717, 1.165) is 24.2 Å². The van der Waals surface area contributed by atoms with E-state index in [1.165, 1.54) is 12.1 Å². The van der Waals surface area contributed by atoms with Crippen molar-refractivity contribution in [3.8, 4) is 11.5 Å². The standard InChI is InChI=1S/C23H20O5.C5H12O2/c1-23(2,15-7-11-17(24)12-8-15)16-9-13-18(14-10-16)28-22(27)20-6-4-3-5-19(20)21(25)26;1-2-4-7-5-3-6/h3-14,24H,1-2H3,(H,25,26);6H,2-5H2,1H3. The van der Waals surface area contributed by atoms with Crippen molar-refractivity contribution in [2.75, 3.05) is 19.8 Å². The number of aliphatic hydroxyl groups is 1. The Bertz CT molecular complexity index is 1080. The summed E-state index contributed by atoms with van der Waals surface area (Å²) in [5, 5.41) is 26.9. The number of aromatic hydroxyl groups is 1. The molecule has 0 amide bonds. The number of phenolic OH excluding ortho intramolecular Hbond substituents is 1. The smallest absolute Gasteiger partial charge is 0.344 e. The van der Waals surface area contributed by atoms with E-state index in [1.54, 1.807) is 36.4 Å². The predicted octanol–water partition coefficient (Wildman–Crippen LogP) is 5.04. The highest BCUT2D eigenvalue weighted by Crippen LogP contribution is 2.33. The Kier molecular flexibility index (Phi) is 10.5. The largest absolute Gasteiger partial charge is 0.508 e. The summed E-state index contributed by atoms with van der Waals surface area (Å²) in [4.78, 5) is 23.6. The summed E-state index contributed by atoms with van der Waals surface area (Å²) in [7, 11) is 0. The van der Waals surface area contributed by atoms with Crippen LogP contribution in [0, 0.1) is 0 Å². The van der Waals surface area contributed by atoms with Gasteiger partial charge >= 0.3 is 11.9 Å². The van der Waals surface area contributed by atoms with Crippen molar-refractivity contribution in [2.24, 2.45) is 0 Å². The highest BCUT2D eigenvalue weighted by Gasteiger charge is 2.23. The lowest BCUT2D eigenvalue weighted by Gasteiger charge is -2.26. The number of carbonyl (C=O) groups excluding carboxylic acids is 1. The molecule has 0 spiro atoms. The molecule has 35 heavy (non-hydrogen) atoms. The molecule has 3 aromatic carbocycles. The van der Waals surface area contributed by atoms with Gasteiger partial charge in [-0.05, 0) is 53.9 Å². The number of carbonyl (C=O) groups is 2. The monoisotopic (exact) mass is 480 g/mol. The van der Waals surface area contributed by atoms with Gasteiger partial charge in [0.25, 0.3) is 0 Å². The van der Waals surface area contributed by atoms with Crippen molar-refractivity contribution in [3.63, 3.8) is 0 Å². The molecule has 3 rings (SSSR count). The van der Waals surface area contributed by atoms with E-state index in [4.69, 9.17) is 14.6 Å². The Morgan fingerprint density at radius 3 is 1.89 bits per heavy atom. The number of carboxylic acid groups (broad SMARTS) is 1. The van der Waals surface area contributed by atoms with Crippen LogP contribution in [0.1, 0.15) is 59.0 Å². The van der Waals surface area contributed by atoms with Crippen molar-refractivity contribution in [3.05, 3.63) is 95.1 Å². The van der Waals surface area contributed by atoms with Crippen molar-refractivity contribution in [1.82, 2.24) is 0 Å². The van der Waals surface area contributed by atoms with Crippen LogP contribution in [0.15, 0.2) is 72.8 Å². The van der Waals surface area contributed by atoms with Crippen molar-refractivity contribution < 1.29 is 34.4 Å². The molecule has 7 nitrogen and oxygen atoms in total. The minimum atomic E-state index is -1.18. The zero-order valence-electron chi connectivity index (χ0n) is 20.2. The van der Waals surface area contributed by atoms with Gasteiger partial charge in [0.05, 0.1) is 24.3 Å². The van der Waals surface area contributed by atoms with Gasteiger partial charge in [0, 0.05) is 12.0 Å². The molecule has 0 aliphatic rings. The number of aliphatic hydroxyl groups excluding tert-OH is 1. The SMILES string of the molecule is CC(C)(c1ccc(O)cc1)c1ccc(OC(=O)c2ccccc2C(=O)O)cc1.CCCOCCO. The van der Waals surface area contributed by atoms with Crippen LogP contribution in [0.2, 0.25) is 0 Å². The van der Waals surface area contributed by atoms with Crippen molar-refractivity contribution in [1.29, 1.82) is 0 Å². The van der Waals surface area contributed by atoms with Gasteiger partial charge in [-0.2, -0.15) is 0 Å². The van der Waals surface area contributed by atoms with Crippen LogP contribution >= 0.6 is 0 Å². The van der Waals surface area contributed by atoms with Crippen LogP contribution < -0.4 is 4.74 Å². The molecule has 0 saturated heterocycles. The maximum absolute atomic E-state index is 12.4. The minimum absolute atomic E-state index is 0.00324. The first-order chi connectivity index (χ1) is 16.7. The van der Waals surface area contributed by atoms with E-state index in [1.807, 2.05) is 31.2 Å². The zero-order valence-corrected chi connectivity index (χ0v) is 20.2. The Balaban J connectivity index is 0.000000540. The second-order valence-corrected chi connectivity index (χ2v) is 8.27. The molecule has 0 aliphatic heterocycles. The van der Waals surface area contributed by atoms with Crippen LogP contribution in [0.25, 0.3) is 0 Å². The zero-order chi connectivity index (χ0) is 25.8. The summed E-state index contributed by atoms with van der Waals surface area (Å²) in [6, 6.07) is 20.0. The molecular formula is C28H32O7. The van der Waals surface area contributed by atoms with E-state index in [9.17, 15) is 19.8 Å². The molecule has 186 valence electrons. The van der Waals surface area contributed by atoms with Gasteiger partial charge in [-0.25, -0.2) is 9.59 Å². The van der Waals surface area contributed by atoms with Gasteiger partial charge < -0.3 is 24.8 Å². The lowest BCUT2D eigenvalue weighted by atomic mass is 9.78. The number of benzene rings is 3. The maximum Gasteiger partial charge on any atom is 0.344 e. The van der Waals surface area contributed by atoms with Gasteiger partial charge in [0.15, 0.2) is 0 Å². The van der Waals surface area contributed by atoms with Gasteiger partial charge in [0.2, 0.25) is 0 Å². The summed E-state index contributed by atoms with van der Waals surface area (Å²) in [5.41, 5.74) is 1.63. The lowest BCUT2D eigenvalue weighted by molar-refractivity contribution is 0.0668. The normalized spacial score (nSPS) is 10.7. The average Bonchev–Trinajstić information content (AvgIpc) is 2.85. The summed E-state index contributed by atoms with van der Waals surface area (Å²) < 4.78 is 10.2. The van der Waals surface area contributed by atoms with Crippen LogP contribution in [-0.4, -0.2) is 47.1 Å². The number of hydrogen-bond donors (Lipinski definition) is 3. The fourth-order valence-corrected chi connectivity index (χ4v) is 3.30. The lowest BCUT2D eigenvalue weighted by Crippen LogP contribution is -2.19. The molecule has 0 radical (unpaired) electrons. The number of hydrogen-bond acceptors (Lipinski definition) is 6. The third kappa shape index (κ3) is 7.95. The second kappa shape index (κ2) is 13.3. The molecule has 3 aromatic rings. The molecule has 0 unspecified atom stereocenters. The summed E-state index contributed by atoms with van der Waals surface area (Å²) in [6.45, 7) is 7.54. The number of carboxylic acids is 1. The minimum Gasteiger partial charge on any atom is -0.508 e. The van der Waals surface area contributed by atoms with Gasteiger partial charge in [-0.3, -0.25) is 0 Å². The number of aromatic carboxylic acids is 1.